The molecule has 2 nitrogen and oxygen atoms in total. The molecule has 0 bridgehead atoms. The highest BCUT2D eigenvalue weighted by Crippen LogP contribution is 2.24. The van der Waals surface area contributed by atoms with Gasteiger partial charge in [-0.3, -0.25) is 4.79 Å². The minimum atomic E-state index is 0.112. The third kappa shape index (κ3) is 1.91. The molecule has 1 atom stereocenters. The van der Waals surface area contributed by atoms with Crippen LogP contribution < -0.4 is 0 Å². The first kappa shape index (κ1) is 10.7. The average Bonchev–Trinajstić information content (AvgIpc) is 2.29. The lowest BCUT2D eigenvalue weighted by atomic mass is 9.93. The molecule has 2 heteroatoms. The fraction of sp³-hybridized carbons (Fsp3) is 0.214. The van der Waals surface area contributed by atoms with Crippen molar-refractivity contribution in [2.75, 3.05) is 6.54 Å². The average molecular weight is 213 g/mol. The highest BCUT2D eigenvalue weighted by Gasteiger charge is 2.21. The van der Waals surface area contributed by atoms with Gasteiger partial charge in [0.15, 0.2) is 5.78 Å². The molecule has 16 heavy (non-hydrogen) atoms. The summed E-state index contributed by atoms with van der Waals surface area (Å²) in [7, 11) is 0. The quantitative estimate of drug-likeness (QED) is 0.671. The Morgan fingerprint density at radius 1 is 1.62 bits per heavy atom. The van der Waals surface area contributed by atoms with E-state index in [0.717, 1.165) is 17.7 Å². The minimum absolute atomic E-state index is 0.112. The van der Waals surface area contributed by atoms with Crippen molar-refractivity contribution >= 4 is 5.78 Å². The summed E-state index contributed by atoms with van der Waals surface area (Å²) in [5.74, 6) is 0.112. The summed E-state index contributed by atoms with van der Waals surface area (Å²) in [4.78, 5) is 13.5. The minimum Gasteiger partial charge on any atom is -0.363 e. The molecule has 0 fully saturated rings. The van der Waals surface area contributed by atoms with Gasteiger partial charge in [-0.15, -0.1) is 6.58 Å². The van der Waals surface area contributed by atoms with Crippen LogP contribution in [-0.2, 0) is 4.79 Å². The van der Waals surface area contributed by atoms with Crippen LogP contribution >= 0.6 is 0 Å². The van der Waals surface area contributed by atoms with Crippen LogP contribution in [0.5, 0.6) is 0 Å². The van der Waals surface area contributed by atoms with E-state index in [9.17, 15) is 4.79 Å². The fourth-order valence-corrected chi connectivity index (χ4v) is 1.97. The van der Waals surface area contributed by atoms with E-state index >= 15 is 0 Å². The lowest BCUT2D eigenvalue weighted by Crippen LogP contribution is -2.33. The Labute approximate surface area is 95.9 Å². The van der Waals surface area contributed by atoms with Gasteiger partial charge in [0.2, 0.25) is 0 Å². The van der Waals surface area contributed by atoms with Gasteiger partial charge < -0.3 is 4.90 Å². The van der Waals surface area contributed by atoms with Crippen molar-refractivity contribution < 1.29 is 4.79 Å². The summed E-state index contributed by atoms with van der Waals surface area (Å²) in [6.45, 7) is 6.15. The number of hydrogen-bond donors (Lipinski definition) is 0. The van der Waals surface area contributed by atoms with Crippen molar-refractivity contribution in [3.05, 3.63) is 60.4 Å². The molecule has 0 aromatic heterocycles. The molecule has 0 saturated heterocycles. The van der Waals surface area contributed by atoms with Gasteiger partial charge in [0, 0.05) is 18.3 Å². The van der Waals surface area contributed by atoms with Gasteiger partial charge in [-0.25, -0.2) is 0 Å². The van der Waals surface area contributed by atoms with Gasteiger partial charge in [0.05, 0.1) is 6.04 Å². The van der Waals surface area contributed by atoms with E-state index in [2.05, 4.69) is 23.6 Å². The third-order valence-corrected chi connectivity index (χ3v) is 2.79. The predicted molar refractivity (Wildman–Crippen MR) is 65.8 cm³/mol. The zero-order chi connectivity index (χ0) is 11.5. The Balaban J connectivity index is 2.27. The summed E-state index contributed by atoms with van der Waals surface area (Å²) < 4.78 is 0. The largest absolute Gasteiger partial charge is 0.363 e. The molecule has 0 amide bonds. The van der Waals surface area contributed by atoms with Crippen LogP contribution in [-0.4, -0.2) is 23.3 Å². The number of allylic oxidation sites excluding steroid dienone is 4. The van der Waals surface area contributed by atoms with Crippen molar-refractivity contribution in [3.63, 3.8) is 0 Å². The Hall–Kier alpha value is -1.83. The Bertz CT molecular complexity index is 438. The summed E-state index contributed by atoms with van der Waals surface area (Å²) in [6.07, 6.45) is 13.9. The summed E-state index contributed by atoms with van der Waals surface area (Å²) >= 11 is 0. The van der Waals surface area contributed by atoms with E-state index in [0.29, 0.717) is 0 Å². The molecule has 0 N–H and O–H groups in total. The van der Waals surface area contributed by atoms with Gasteiger partial charge in [-0.05, 0) is 24.6 Å². The molecule has 1 aliphatic carbocycles. The number of rotatable bonds is 3. The molecular formula is C14H15NO. The molecule has 2 aliphatic rings. The van der Waals surface area contributed by atoms with E-state index in [4.69, 9.17) is 0 Å². The van der Waals surface area contributed by atoms with Crippen LogP contribution in [0.1, 0.15) is 6.92 Å². The second kappa shape index (κ2) is 4.35. The van der Waals surface area contributed by atoms with Crippen molar-refractivity contribution in [2.24, 2.45) is 0 Å². The molecule has 0 aromatic carbocycles. The highest BCUT2D eigenvalue weighted by atomic mass is 16.1. The van der Waals surface area contributed by atoms with E-state index in [1.165, 1.54) is 0 Å². The maximum atomic E-state index is 11.3. The van der Waals surface area contributed by atoms with Gasteiger partial charge in [0.1, 0.15) is 0 Å². The molecule has 1 aliphatic heterocycles. The molecule has 1 unspecified atom stereocenters. The number of nitrogens with zero attached hydrogens (tertiary/aromatic N) is 1. The van der Waals surface area contributed by atoms with Crippen molar-refractivity contribution in [1.82, 2.24) is 4.90 Å². The van der Waals surface area contributed by atoms with Gasteiger partial charge >= 0.3 is 0 Å². The Morgan fingerprint density at radius 3 is 3.12 bits per heavy atom. The normalized spacial score (nSPS) is 22.3. The van der Waals surface area contributed by atoms with E-state index in [-0.39, 0.29) is 11.8 Å². The van der Waals surface area contributed by atoms with E-state index in [1.807, 2.05) is 30.5 Å². The smallest absolute Gasteiger partial charge is 0.159 e. The fourth-order valence-electron chi connectivity index (χ4n) is 1.97. The molecule has 2 rings (SSSR count). The second-order valence-electron chi connectivity index (χ2n) is 3.95. The standard InChI is InChI=1S/C14H15NO/c1-3-8-15-9-4-5-13-10-12(11(2)16)6-7-14(13)15/h3-7,9-10,14H,1,8H2,2H3. The van der Waals surface area contributed by atoms with E-state index in [1.54, 1.807) is 6.92 Å². The summed E-state index contributed by atoms with van der Waals surface area (Å²) in [6, 6.07) is 0.242. The van der Waals surface area contributed by atoms with Crippen molar-refractivity contribution in [1.29, 1.82) is 0 Å². The van der Waals surface area contributed by atoms with E-state index < -0.39 is 0 Å². The summed E-state index contributed by atoms with van der Waals surface area (Å²) in [5.41, 5.74) is 1.94. The van der Waals surface area contributed by atoms with Crippen LogP contribution in [0, 0.1) is 0 Å². The number of ketones is 1. The molecule has 0 aromatic rings. The van der Waals surface area contributed by atoms with Crippen LogP contribution in [0.3, 0.4) is 0 Å². The lowest BCUT2D eigenvalue weighted by Gasteiger charge is -2.32. The van der Waals surface area contributed by atoms with Crippen LogP contribution in [0.2, 0.25) is 0 Å². The lowest BCUT2D eigenvalue weighted by molar-refractivity contribution is -0.113. The molecule has 0 radical (unpaired) electrons. The third-order valence-electron chi connectivity index (χ3n) is 2.79. The van der Waals surface area contributed by atoms with Crippen molar-refractivity contribution in [2.45, 2.75) is 13.0 Å². The maximum absolute atomic E-state index is 11.3. The SMILES string of the molecule is C=CCN1C=CC=C2C=C(C(C)=O)C=CC21. The van der Waals surface area contributed by atoms with Gasteiger partial charge in [-0.2, -0.15) is 0 Å². The first-order chi connectivity index (χ1) is 7.72. The Morgan fingerprint density at radius 2 is 2.44 bits per heavy atom. The van der Waals surface area contributed by atoms with Gasteiger partial charge in [-0.1, -0.05) is 24.3 Å². The van der Waals surface area contributed by atoms with Crippen LogP contribution in [0.25, 0.3) is 0 Å². The number of Topliss-reactive ketones (excluding diaryl/α,β-unsaturated/α-hetero) is 1. The maximum Gasteiger partial charge on any atom is 0.159 e. The first-order valence-corrected chi connectivity index (χ1v) is 5.38. The van der Waals surface area contributed by atoms with Crippen LogP contribution in [0.4, 0.5) is 0 Å². The molecule has 0 spiro atoms. The molecule has 82 valence electrons. The number of carbonyl (C=O) groups is 1. The number of fused-ring (bicyclic) bond motifs is 1. The molecular weight excluding hydrogens is 198 g/mol. The van der Waals surface area contributed by atoms with Gasteiger partial charge in [0.25, 0.3) is 0 Å². The zero-order valence-corrected chi connectivity index (χ0v) is 9.39. The molecule has 0 saturated carbocycles. The zero-order valence-electron chi connectivity index (χ0n) is 9.39. The van der Waals surface area contributed by atoms with Crippen molar-refractivity contribution in [3.8, 4) is 0 Å². The highest BCUT2D eigenvalue weighted by molar-refractivity contribution is 5.97. The number of hydrogen-bond acceptors (Lipinski definition) is 2. The monoisotopic (exact) mass is 213 g/mol. The molecule has 1 heterocycles. The van der Waals surface area contributed by atoms with Crippen LogP contribution in [0.15, 0.2) is 60.4 Å². The summed E-state index contributed by atoms with van der Waals surface area (Å²) in [5, 5.41) is 0. The predicted octanol–water partition coefficient (Wildman–Crippen LogP) is 2.38. The first-order valence-electron chi connectivity index (χ1n) is 5.38. The number of carbonyl (C=O) groups excluding carboxylic acids is 1. The second-order valence-corrected chi connectivity index (χ2v) is 3.95. The topological polar surface area (TPSA) is 20.3 Å². The Kier molecular flexibility index (Phi) is 2.91.